The van der Waals surface area contributed by atoms with E-state index in [9.17, 15) is 14.4 Å². The predicted octanol–water partition coefficient (Wildman–Crippen LogP) is 5.09. The van der Waals surface area contributed by atoms with Crippen molar-refractivity contribution in [2.45, 2.75) is 25.8 Å². The predicted molar refractivity (Wildman–Crippen MR) is 161 cm³/mol. The molecule has 2 atom stereocenters. The molecule has 0 spiro atoms. The molecule has 0 aliphatic carbocycles. The van der Waals surface area contributed by atoms with Gasteiger partial charge in [0, 0.05) is 24.7 Å². The maximum atomic E-state index is 13.2. The molecular weight excluding hydrogens is 562 g/mol. The molecular formula is C31H38ClN3O7. The van der Waals surface area contributed by atoms with Gasteiger partial charge in [-0.3, -0.25) is 0 Å². The standard InChI is InChI=1S/C31H36ClN3O7.H2/c1-7-41-30(37)28-25(34-19(2)26(29(36)39-6)27(28)23-13-8-9-14-24(23)32)18-40-16-15-33-31(38)42-22-12-10-11-21(17-22)20(3)35(4)5;/h7-14,17,20,27,34H,1,15-16,18H2,2-6H3,(H,33,38);1H/t20-,27?;/m0./s1. The number of amides is 1. The Hall–Kier alpha value is -4.12. The largest absolute Gasteiger partial charge is 0.466 e. The lowest BCUT2D eigenvalue weighted by atomic mass is 9.80. The highest BCUT2D eigenvalue weighted by molar-refractivity contribution is 6.31. The van der Waals surface area contributed by atoms with Gasteiger partial charge in [0.05, 0.1) is 49.3 Å². The fraction of sp³-hybridized carbons (Fsp3) is 0.323. The van der Waals surface area contributed by atoms with Crippen LogP contribution in [0.2, 0.25) is 5.02 Å². The van der Waals surface area contributed by atoms with Crippen molar-refractivity contribution in [1.82, 2.24) is 15.5 Å². The van der Waals surface area contributed by atoms with Crippen LogP contribution in [0.1, 0.15) is 38.4 Å². The number of esters is 2. The Balaban J connectivity index is 0.00000645. The number of halogens is 1. The first-order valence-electron chi connectivity index (χ1n) is 13.2. The third-order valence-corrected chi connectivity index (χ3v) is 7.11. The van der Waals surface area contributed by atoms with Gasteiger partial charge in [-0.15, -0.1) is 0 Å². The lowest BCUT2D eigenvalue weighted by molar-refractivity contribution is -0.136. The summed E-state index contributed by atoms with van der Waals surface area (Å²) in [4.78, 5) is 40.4. The Bertz CT molecular complexity index is 1390. The van der Waals surface area contributed by atoms with Gasteiger partial charge in [-0.2, -0.15) is 0 Å². The summed E-state index contributed by atoms with van der Waals surface area (Å²) in [5.41, 5.74) is 2.69. The molecule has 11 heteroatoms. The summed E-state index contributed by atoms with van der Waals surface area (Å²) in [7, 11) is 5.21. The van der Waals surface area contributed by atoms with Gasteiger partial charge in [-0.1, -0.05) is 48.5 Å². The monoisotopic (exact) mass is 599 g/mol. The van der Waals surface area contributed by atoms with Crippen LogP contribution < -0.4 is 15.4 Å². The quantitative estimate of drug-likeness (QED) is 0.195. The van der Waals surface area contributed by atoms with Crippen molar-refractivity contribution in [3.63, 3.8) is 0 Å². The molecule has 2 aromatic carbocycles. The van der Waals surface area contributed by atoms with Gasteiger partial charge < -0.3 is 34.5 Å². The molecule has 1 aliphatic rings. The first-order valence-corrected chi connectivity index (χ1v) is 13.6. The number of carbonyl (C=O) groups is 3. The van der Waals surface area contributed by atoms with Crippen molar-refractivity contribution in [1.29, 1.82) is 0 Å². The van der Waals surface area contributed by atoms with E-state index in [0.29, 0.717) is 27.7 Å². The van der Waals surface area contributed by atoms with Crippen molar-refractivity contribution in [2.24, 2.45) is 0 Å². The van der Waals surface area contributed by atoms with Crippen molar-refractivity contribution >= 4 is 29.6 Å². The summed E-state index contributed by atoms with van der Waals surface area (Å²) in [6.45, 7) is 7.40. The van der Waals surface area contributed by atoms with E-state index >= 15 is 0 Å². The van der Waals surface area contributed by atoms with Crippen LogP contribution in [-0.4, -0.2) is 63.9 Å². The van der Waals surface area contributed by atoms with Crippen LogP contribution in [0, 0.1) is 0 Å². The van der Waals surface area contributed by atoms with Crippen LogP contribution >= 0.6 is 11.6 Å². The summed E-state index contributed by atoms with van der Waals surface area (Å²) in [6, 6.07) is 14.4. The van der Waals surface area contributed by atoms with Crippen molar-refractivity contribution in [3.8, 4) is 5.75 Å². The van der Waals surface area contributed by atoms with E-state index in [2.05, 4.69) is 29.0 Å². The van der Waals surface area contributed by atoms with E-state index in [4.69, 9.17) is 30.5 Å². The number of allylic oxidation sites excluding steroid dienone is 1. The summed E-state index contributed by atoms with van der Waals surface area (Å²) < 4.78 is 21.4. The van der Waals surface area contributed by atoms with Gasteiger partial charge in [-0.05, 0) is 57.3 Å². The maximum Gasteiger partial charge on any atom is 0.412 e. The normalized spacial score (nSPS) is 15.5. The smallest absolute Gasteiger partial charge is 0.412 e. The summed E-state index contributed by atoms with van der Waals surface area (Å²) >= 11 is 6.51. The zero-order valence-corrected chi connectivity index (χ0v) is 25.1. The van der Waals surface area contributed by atoms with Crippen molar-refractivity contribution in [3.05, 3.63) is 100 Å². The lowest BCUT2D eigenvalue weighted by Crippen LogP contribution is -2.35. The fourth-order valence-electron chi connectivity index (χ4n) is 4.47. The second-order valence-corrected chi connectivity index (χ2v) is 10.1. The van der Waals surface area contributed by atoms with E-state index in [1.807, 2.05) is 32.3 Å². The maximum absolute atomic E-state index is 13.2. The summed E-state index contributed by atoms with van der Waals surface area (Å²) in [6.07, 6.45) is 0.381. The zero-order valence-electron chi connectivity index (χ0n) is 24.4. The number of ether oxygens (including phenoxy) is 4. The van der Waals surface area contributed by atoms with E-state index in [1.165, 1.54) is 7.11 Å². The van der Waals surface area contributed by atoms with E-state index < -0.39 is 23.9 Å². The Morgan fingerprint density at radius 1 is 1.14 bits per heavy atom. The SMILES string of the molecule is C=COC(=O)C1=C(COCCNC(=O)Oc2cccc([C@H](C)N(C)C)c2)NC(C)=C(C(=O)OC)C1c1ccccc1Cl.[HH]. The minimum Gasteiger partial charge on any atom is -0.466 e. The second-order valence-electron chi connectivity index (χ2n) is 9.65. The third-order valence-electron chi connectivity index (χ3n) is 6.76. The number of dihydropyridines is 1. The number of nitrogens with zero attached hydrogens (tertiary/aromatic N) is 1. The van der Waals surface area contributed by atoms with Gasteiger partial charge in [0.25, 0.3) is 0 Å². The van der Waals surface area contributed by atoms with Gasteiger partial charge in [0.2, 0.25) is 0 Å². The van der Waals surface area contributed by atoms with Gasteiger partial charge in [-0.25, -0.2) is 14.4 Å². The summed E-state index contributed by atoms with van der Waals surface area (Å²) in [5, 5.41) is 6.09. The third kappa shape index (κ3) is 8.00. The number of benzene rings is 2. The van der Waals surface area contributed by atoms with Gasteiger partial charge in [0.15, 0.2) is 0 Å². The molecule has 42 heavy (non-hydrogen) atoms. The highest BCUT2D eigenvalue weighted by Crippen LogP contribution is 2.41. The van der Waals surface area contributed by atoms with E-state index in [0.717, 1.165) is 11.8 Å². The minimum atomic E-state index is -0.891. The topological polar surface area (TPSA) is 115 Å². The Morgan fingerprint density at radius 2 is 1.88 bits per heavy atom. The number of methoxy groups -OCH3 is 1. The first-order chi connectivity index (χ1) is 20.1. The van der Waals surface area contributed by atoms with Crippen LogP contribution in [0.15, 0.2) is 83.9 Å². The molecule has 226 valence electrons. The zero-order chi connectivity index (χ0) is 30.8. The van der Waals surface area contributed by atoms with E-state index in [1.54, 1.807) is 37.3 Å². The molecule has 0 aromatic heterocycles. The summed E-state index contributed by atoms with van der Waals surface area (Å²) in [5.74, 6) is -1.82. The lowest BCUT2D eigenvalue weighted by Gasteiger charge is -2.31. The molecule has 0 saturated carbocycles. The highest BCUT2D eigenvalue weighted by Gasteiger charge is 2.39. The first kappa shape index (κ1) is 32.4. The molecule has 10 nitrogen and oxygen atoms in total. The second kappa shape index (κ2) is 15.2. The molecule has 1 unspecified atom stereocenters. The van der Waals surface area contributed by atoms with Gasteiger partial charge in [0.1, 0.15) is 5.75 Å². The number of hydrogen-bond acceptors (Lipinski definition) is 9. The van der Waals surface area contributed by atoms with Crippen LogP contribution in [0.25, 0.3) is 0 Å². The van der Waals surface area contributed by atoms with E-state index in [-0.39, 0.29) is 38.4 Å². The molecule has 0 bridgehead atoms. The molecule has 1 amide bonds. The van der Waals surface area contributed by atoms with Crippen LogP contribution in [0.5, 0.6) is 5.75 Å². The number of hydrogen-bond donors (Lipinski definition) is 2. The minimum absolute atomic E-state index is 0. The molecule has 0 fully saturated rings. The molecule has 3 rings (SSSR count). The molecule has 0 radical (unpaired) electrons. The number of nitrogens with one attached hydrogen (secondary N) is 2. The fourth-order valence-corrected chi connectivity index (χ4v) is 4.71. The average Bonchev–Trinajstić information content (AvgIpc) is 2.96. The Kier molecular flexibility index (Phi) is 11.7. The number of rotatable bonds is 12. The molecule has 1 aliphatic heterocycles. The van der Waals surface area contributed by atoms with Crippen LogP contribution in [-0.2, 0) is 23.8 Å². The van der Waals surface area contributed by atoms with Crippen LogP contribution in [0.4, 0.5) is 4.79 Å². The molecule has 1 heterocycles. The molecule has 2 aromatic rings. The van der Waals surface area contributed by atoms with Crippen molar-refractivity contribution in [2.75, 3.05) is 41.0 Å². The van der Waals surface area contributed by atoms with Gasteiger partial charge >= 0.3 is 18.0 Å². The number of carbonyl (C=O) groups excluding carboxylic acids is 3. The molecule has 0 saturated heterocycles. The Morgan fingerprint density at radius 3 is 2.55 bits per heavy atom. The average molecular weight is 600 g/mol. The Labute approximate surface area is 252 Å². The highest BCUT2D eigenvalue weighted by atomic mass is 35.5. The molecule has 2 N–H and O–H groups in total. The van der Waals surface area contributed by atoms with Crippen LogP contribution in [0.3, 0.4) is 0 Å². The van der Waals surface area contributed by atoms with Crippen molar-refractivity contribution < 1.29 is 34.8 Å².